The third-order valence-corrected chi connectivity index (χ3v) is 3.27. The average Bonchev–Trinajstić information content (AvgIpc) is 2.53. The van der Waals surface area contributed by atoms with Crippen LogP contribution in [0.1, 0.15) is 30.9 Å². The molecule has 1 N–H and O–H groups in total. The van der Waals surface area contributed by atoms with E-state index in [1.807, 2.05) is 13.0 Å². The lowest BCUT2D eigenvalue weighted by Crippen LogP contribution is -2.08. The zero-order valence-corrected chi connectivity index (χ0v) is 12.8. The molecule has 0 bridgehead atoms. The van der Waals surface area contributed by atoms with E-state index in [2.05, 4.69) is 46.5 Å². The Morgan fingerprint density at radius 1 is 1.14 bits per heavy atom. The molecule has 0 unspecified atom stereocenters. The van der Waals surface area contributed by atoms with Gasteiger partial charge in [-0.25, -0.2) is 9.97 Å². The van der Waals surface area contributed by atoms with Gasteiger partial charge in [0.25, 0.3) is 0 Å². The number of aromatic nitrogens is 2. The number of benzene rings is 1. The standard InChI is InChI=1S/C17H23N3O/c1-3-11-18-16-14(2)17(20-13-19-16)21-12-7-10-15-8-5-4-6-9-15/h4-6,8-9,13H,3,7,10-12H2,1-2H3,(H,18,19,20). The van der Waals surface area contributed by atoms with Crippen molar-refractivity contribution in [3.8, 4) is 5.88 Å². The van der Waals surface area contributed by atoms with Gasteiger partial charge in [0.15, 0.2) is 0 Å². The Labute approximate surface area is 126 Å². The second kappa shape index (κ2) is 8.25. The quantitative estimate of drug-likeness (QED) is 0.753. The van der Waals surface area contributed by atoms with Crippen molar-refractivity contribution in [1.29, 1.82) is 0 Å². The van der Waals surface area contributed by atoms with E-state index in [0.717, 1.165) is 37.2 Å². The topological polar surface area (TPSA) is 47.0 Å². The number of anilines is 1. The van der Waals surface area contributed by atoms with Crippen molar-refractivity contribution in [3.05, 3.63) is 47.8 Å². The third-order valence-electron chi connectivity index (χ3n) is 3.27. The predicted molar refractivity (Wildman–Crippen MR) is 85.8 cm³/mol. The van der Waals surface area contributed by atoms with Crippen molar-refractivity contribution >= 4 is 5.82 Å². The number of hydrogen-bond acceptors (Lipinski definition) is 4. The molecule has 0 saturated heterocycles. The molecule has 4 heteroatoms. The maximum absolute atomic E-state index is 5.79. The molecule has 0 radical (unpaired) electrons. The molecule has 0 spiro atoms. The van der Waals surface area contributed by atoms with Crippen LogP contribution in [0, 0.1) is 6.92 Å². The Bertz CT molecular complexity index is 543. The van der Waals surface area contributed by atoms with Crippen molar-refractivity contribution in [2.75, 3.05) is 18.5 Å². The molecule has 0 saturated carbocycles. The Balaban J connectivity index is 1.83. The lowest BCUT2D eigenvalue weighted by atomic mass is 10.1. The van der Waals surface area contributed by atoms with Gasteiger partial charge in [0.05, 0.1) is 12.2 Å². The van der Waals surface area contributed by atoms with Crippen molar-refractivity contribution in [1.82, 2.24) is 9.97 Å². The zero-order valence-electron chi connectivity index (χ0n) is 12.8. The van der Waals surface area contributed by atoms with Gasteiger partial charge in [-0.1, -0.05) is 37.3 Å². The van der Waals surface area contributed by atoms with Gasteiger partial charge >= 0.3 is 0 Å². The van der Waals surface area contributed by atoms with E-state index >= 15 is 0 Å². The highest BCUT2D eigenvalue weighted by Crippen LogP contribution is 2.20. The van der Waals surface area contributed by atoms with Crippen molar-refractivity contribution in [2.24, 2.45) is 0 Å². The highest BCUT2D eigenvalue weighted by molar-refractivity contribution is 5.47. The third kappa shape index (κ3) is 4.74. The first-order chi connectivity index (χ1) is 10.3. The predicted octanol–water partition coefficient (Wildman–Crippen LogP) is 3.62. The first-order valence-electron chi connectivity index (χ1n) is 7.53. The van der Waals surface area contributed by atoms with Crippen LogP contribution in [0.4, 0.5) is 5.82 Å². The fraction of sp³-hybridized carbons (Fsp3) is 0.412. The van der Waals surface area contributed by atoms with Crippen molar-refractivity contribution in [2.45, 2.75) is 33.1 Å². The summed E-state index contributed by atoms with van der Waals surface area (Å²) in [6.07, 6.45) is 4.62. The largest absolute Gasteiger partial charge is 0.477 e. The monoisotopic (exact) mass is 285 g/mol. The maximum atomic E-state index is 5.79. The van der Waals surface area contributed by atoms with E-state index in [-0.39, 0.29) is 0 Å². The summed E-state index contributed by atoms with van der Waals surface area (Å²) in [5.74, 6) is 1.54. The summed E-state index contributed by atoms with van der Waals surface area (Å²) in [6.45, 7) is 5.69. The summed E-state index contributed by atoms with van der Waals surface area (Å²) in [5.41, 5.74) is 2.32. The minimum absolute atomic E-state index is 0.667. The van der Waals surface area contributed by atoms with E-state index in [1.165, 1.54) is 5.56 Å². The molecular formula is C17H23N3O. The smallest absolute Gasteiger partial charge is 0.221 e. The molecule has 0 aliphatic rings. The van der Waals surface area contributed by atoms with E-state index in [9.17, 15) is 0 Å². The van der Waals surface area contributed by atoms with Crippen LogP contribution in [0.25, 0.3) is 0 Å². The van der Waals surface area contributed by atoms with Crippen LogP contribution in [-0.2, 0) is 6.42 Å². The molecule has 0 fully saturated rings. The molecule has 4 nitrogen and oxygen atoms in total. The van der Waals surface area contributed by atoms with Crippen molar-refractivity contribution < 1.29 is 4.74 Å². The summed E-state index contributed by atoms with van der Waals surface area (Å²) in [4.78, 5) is 8.47. The average molecular weight is 285 g/mol. The number of hydrogen-bond donors (Lipinski definition) is 1. The SMILES string of the molecule is CCCNc1ncnc(OCCCc2ccccc2)c1C. The number of nitrogens with zero attached hydrogens (tertiary/aromatic N) is 2. The Hall–Kier alpha value is -2.10. The van der Waals surface area contributed by atoms with E-state index < -0.39 is 0 Å². The van der Waals surface area contributed by atoms with Crippen molar-refractivity contribution in [3.63, 3.8) is 0 Å². The first kappa shape index (κ1) is 15.3. The second-order valence-corrected chi connectivity index (χ2v) is 5.02. The van der Waals surface area contributed by atoms with E-state index in [1.54, 1.807) is 6.33 Å². The summed E-state index contributed by atoms with van der Waals surface area (Å²) in [6, 6.07) is 10.5. The molecule has 112 valence electrons. The van der Waals surface area contributed by atoms with Gasteiger partial charge in [0.2, 0.25) is 5.88 Å². The summed E-state index contributed by atoms with van der Waals surface area (Å²) in [5, 5.41) is 3.29. The molecule has 21 heavy (non-hydrogen) atoms. The summed E-state index contributed by atoms with van der Waals surface area (Å²) < 4.78 is 5.79. The van der Waals surface area contributed by atoms with Gasteiger partial charge in [0, 0.05) is 6.54 Å². The van der Waals surface area contributed by atoms with Crippen LogP contribution in [0.15, 0.2) is 36.7 Å². The lowest BCUT2D eigenvalue weighted by molar-refractivity contribution is 0.296. The molecule has 0 atom stereocenters. The minimum Gasteiger partial charge on any atom is -0.477 e. The van der Waals surface area contributed by atoms with Crippen LogP contribution in [0.3, 0.4) is 0 Å². The Morgan fingerprint density at radius 3 is 2.71 bits per heavy atom. The zero-order chi connectivity index (χ0) is 14.9. The summed E-state index contributed by atoms with van der Waals surface area (Å²) in [7, 11) is 0. The van der Waals surface area contributed by atoms with Crippen LogP contribution in [0.2, 0.25) is 0 Å². The highest BCUT2D eigenvalue weighted by atomic mass is 16.5. The molecule has 0 aliphatic heterocycles. The normalized spacial score (nSPS) is 10.4. The van der Waals surface area contributed by atoms with Gasteiger partial charge < -0.3 is 10.1 Å². The van der Waals surface area contributed by atoms with Gasteiger partial charge in [0.1, 0.15) is 12.1 Å². The summed E-state index contributed by atoms with van der Waals surface area (Å²) >= 11 is 0. The molecular weight excluding hydrogens is 262 g/mol. The number of ether oxygens (including phenoxy) is 1. The lowest BCUT2D eigenvalue weighted by Gasteiger charge is -2.11. The van der Waals surface area contributed by atoms with Gasteiger partial charge in [-0.2, -0.15) is 0 Å². The molecule has 0 amide bonds. The number of rotatable bonds is 8. The molecule has 2 rings (SSSR count). The fourth-order valence-corrected chi connectivity index (χ4v) is 2.09. The molecule has 0 aliphatic carbocycles. The second-order valence-electron chi connectivity index (χ2n) is 5.02. The van der Waals surface area contributed by atoms with Gasteiger partial charge in [-0.15, -0.1) is 0 Å². The Morgan fingerprint density at radius 2 is 1.95 bits per heavy atom. The molecule has 1 aromatic carbocycles. The van der Waals surface area contributed by atoms with Crippen LogP contribution < -0.4 is 10.1 Å². The fourth-order valence-electron chi connectivity index (χ4n) is 2.09. The van der Waals surface area contributed by atoms with Gasteiger partial charge in [-0.05, 0) is 31.7 Å². The van der Waals surface area contributed by atoms with E-state index in [0.29, 0.717) is 12.5 Å². The van der Waals surface area contributed by atoms with Crippen LogP contribution >= 0.6 is 0 Å². The number of aryl methyl sites for hydroxylation is 1. The van der Waals surface area contributed by atoms with E-state index in [4.69, 9.17) is 4.74 Å². The number of nitrogens with one attached hydrogen (secondary N) is 1. The van der Waals surface area contributed by atoms with Crippen LogP contribution in [0.5, 0.6) is 5.88 Å². The minimum atomic E-state index is 0.667. The molecule has 1 aromatic heterocycles. The maximum Gasteiger partial charge on any atom is 0.221 e. The first-order valence-corrected chi connectivity index (χ1v) is 7.53. The molecule has 1 heterocycles. The van der Waals surface area contributed by atoms with Crippen LogP contribution in [-0.4, -0.2) is 23.1 Å². The Kier molecular flexibility index (Phi) is 6.00. The molecule has 2 aromatic rings. The van der Waals surface area contributed by atoms with Gasteiger partial charge in [-0.3, -0.25) is 0 Å². The highest BCUT2D eigenvalue weighted by Gasteiger charge is 2.07.